The molecule has 1 fully saturated rings. The Morgan fingerprint density at radius 1 is 0.850 bits per heavy atom. The van der Waals surface area contributed by atoms with Crippen LogP contribution < -0.4 is 9.64 Å². The SMILES string of the molecule is COc1ccc([C@H]2C[C@@H]2c2ccc(N(C)C)cc2)cc1. The third kappa shape index (κ3) is 2.51. The first-order valence-corrected chi connectivity index (χ1v) is 7.10. The third-order valence-electron chi connectivity index (χ3n) is 4.17. The lowest BCUT2D eigenvalue weighted by molar-refractivity contribution is 0.414. The third-order valence-corrected chi connectivity index (χ3v) is 4.17. The van der Waals surface area contributed by atoms with E-state index in [0.717, 1.165) is 5.75 Å². The molecule has 0 bridgehead atoms. The van der Waals surface area contributed by atoms with Gasteiger partial charge in [-0.25, -0.2) is 0 Å². The maximum Gasteiger partial charge on any atom is 0.118 e. The molecule has 0 amide bonds. The summed E-state index contributed by atoms with van der Waals surface area (Å²) in [6, 6.07) is 17.4. The highest BCUT2D eigenvalue weighted by molar-refractivity contribution is 5.48. The number of ether oxygens (including phenoxy) is 1. The molecule has 0 heterocycles. The van der Waals surface area contributed by atoms with Crippen molar-refractivity contribution in [2.45, 2.75) is 18.3 Å². The molecule has 0 aromatic heterocycles. The second-order valence-electron chi connectivity index (χ2n) is 5.71. The normalized spacial score (nSPS) is 20.6. The summed E-state index contributed by atoms with van der Waals surface area (Å²) in [5.41, 5.74) is 4.14. The van der Waals surface area contributed by atoms with Gasteiger partial charge in [-0.2, -0.15) is 0 Å². The Bertz CT molecular complexity index is 571. The second kappa shape index (κ2) is 5.20. The standard InChI is InChI=1S/C18H21NO/c1-19(2)15-8-4-13(5-9-15)17-12-18(17)14-6-10-16(20-3)11-7-14/h4-11,17-18H,12H2,1-3H3/t17-,18-/m1/s1. The highest BCUT2D eigenvalue weighted by Gasteiger charge is 2.39. The number of rotatable bonds is 4. The Labute approximate surface area is 121 Å². The van der Waals surface area contributed by atoms with Gasteiger partial charge in [-0.05, 0) is 53.6 Å². The van der Waals surface area contributed by atoms with Crippen LogP contribution in [0.4, 0.5) is 5.69 Å². The molecule has 1 aliphatic carbocycles. The molecule has 1 aliphatic rings. The molecule has 20 heavy (non-hydrogen) atoms. The molecular weight excluding hydrogens is 246 g/mol. The smallest absolute Gasteiger partial charge is 0.118 e. The van der Waals surface area contributed by atoms with Crippen LogP contribution in [0.1, 0.15) is 29.4 Å². The molecule has 104 valence electrons. The topological polar surface area (TPSA) is 12.5 Å². The summed E-state index contributed by atoms with van der Waals surface area (Å²) < 4.78 is 5.21. The van der Waals surface area contributed by atoms with Gasteiger partial charge < -0.3 is 9.64 Å². The van der Waals surface area contributed by atoms with E-state index in [-0.39, 0.29) is 0 Å². The van der Waals surface area contributed by atoms with E-state index in [1.807, 2.05) is 0 Å². The number of benzene rings is 2. The average molecular weight is 267 g/mol. The van der Waals surface area contributed by atoms with Crippen molar-refractivity contribution in [3.63, 3.8) is 0 Å². The summed E-state index contributed by atoms with van der Waals surface area (Å²) in [4.78, 5) is 2.14. The van der Waals surface area contributed by atoms with Gasteiger partial charge in [0, 0.05) is 19.8 Å². The number of hydrogen-bond acceptors (Lipinski definition) is 2. The van der Waals surface area contributed by atoms with Crippen molar-refractivity contribution < 1.29 is 4.74 Å². The van der Waals surface area contributed by atoms with E-state index < -0.39 is 0 Å². The molecule has 0 unspecified atom stereocenters. The quantitative estimate of drug-likeness (QED) is 0.829. The average Bonchev–Trinajstić information content (AvgIpc) is 3.28. The highest BCUT2D eigenvalue weighted by Crippen LogP contribution is 2.54. The Kier molecular flexibility index (Phi) is 3.39. The minimum atomic E-state index is 0.672. The summed E-state index contributed by atoms with van der Waals surface area (Å²) >= 11 is 0. The molecular formula is C18H21NO. The van der Waals surface area contributed by atoms with Crippen LogP contribution in [0, 0.1) is 0 Å². The first kappa shape index (κ1) is 13.0. The number of hydrogen-bond donors (Lipinski definition) is 0. The van der Waals surface area contributed by atoms with E-state index in [2.05, 4.69) is 67.5 Å². The number of anilines is 1. The maximum absolute atomic E-state index is 5.21. The molecule has 3 rings (SSSR count). The summed E-state index contributed by atoms with van der Waals surface area (Å²) in [6.45, 7) is 0. The molecule has 0 N–H and O–H groups in total. The fourth-order valence-corrected chi connectivity index (χ4v) is 2.80. The number of methoxy groups -OCH3 is 1. The summed E-state index contributed by atoms with van der Waals surface area (Å²) in [5.74, 6) is 2.28. The molecule has 0 saturated heterocycles. The van der Waals surface area contributed by atoms with E-state index in [9.17, 15) is 0 Å². The molecule has 2 nitrogen and oxygen atoms in total. The van der Waals surface area contributed by atoms with Crippen molar-refractivity contribution in [1.29, 1.82) is 0 Å². The van der Waals surface area contributed by atoms with Crippen LogP contribution >= 0.6 is 0 Å². The van der Waals surface area contributed by atoms with Gasteiger partial charge in [0.15, 0.2) is 0 Å². The van der Waals surface area contributed by atoms with Crippen molar-refractivity contribution in [2.75, 3.05) is 26.1 Å². The Balaban J connectivity index is 1.71. The monoisotopic (exact) mass is 267 g/mol. The summed E-state index contributed by atoms with van der Waals surface area (Å²) in [7, 11) is 5.86. The van der Waals surface area contributed by atoms with Crippen molar-refractivity contribution in [2.24, 2.45) is 0 Å². The fraction of sp³-hybridized carbons (Fsp3) is 0.333. The zero-order valence-electron chi connectivity index (χ0n) is 12.3. The second-order valence-corrected chi connectivity index (χ2v) is 5.71. The first-order valence-electron chi connectivity index (χ1n) is 7.10. The molecule has 2 aromatic carbocycles. The molecule has 1 saturated carbocycles. The Hall–Kier alpha value is -1.96. The van der Waals surface area contributed by atoms with Gasteiger partial charge in [-0.3, -0.25) is 0 Å². The summed E-state index contributed by atoms with van der Waals surface area (Å²) in [6.07, 6.45) is 1.26. The largest absolute Gasteiger partial charge is 0.497 e. The molecule has 0 spiro atoms. The van der Waals surface area contributed by atoms with E-state index in [0.29, 0.717) is 11.8 Å². The predicted octanol–water partition coefficient (Wildman–Crippen LogP) is 4.03. The van der Waals surface area contributed by atoms with Gasteiger partial charge in [-0.15, -0.1) is 0 Å². The predicted molar refractivity (Wildman–Crippen MR) is 83.9 cm³/mol. The van der Waals surface area contributed by atoms with Crippen LogP contribution in [-0.2, 0) is 0 Å². The van der Waals surface area contributed by atoms with Crippen LogP contribution in [0.15, 0.2) is 48.5 Å². The molecule has 2 aromatic rings. The van der Waals surface area contributed by atoms with Crippen LogP contribution in [0.2, 0.25) is 0 Å². The highest BCUT2D eigenvalue weighted by atomic mass is 16.5. The minimum Gasteiger partial charge on any atom is -0.497 e. The molecule has 2 heteroatoms. The van der Waals surface area contributed by atoms with Gasteiger partial charge >= 0.3 is 0 Å². The van der Waals surface area contributed by atoms with E-state index in [1.54, 1.807) is 7.11 Å². The van der Waals surface area contributed by atoms with Gasteiger partial charge in [-0.1, -0.05) is 24.3 Å². The van der Waals surface area contributed by atoms with E-state index in [4.69, 9.17) is 4.74 Å². The van der Waals surface area contributed by atoms with Gasteiger partial charge in [0.05, 0.1) is 7.11 Å². The van der Waals surface area contributed by atoms with Crippen LogP contribution in [0.25, 0.3) is 0 Å². The lowest BCUT2D eigenvalue weighted by atomic mass is 10.0. The van der Waals surface area contributed by atoms with Gasteiger partial charge in [0.25, 0.3) is 0 Å². The maximum atomic E-state index is 5.21. The minimum absolute atomic E-state index is 0.672. The van der Waals surface area contributed by atoms with Crippen molar-refractivity contribution in [3.05, 3.63) is 59.7 Å². The van der Waals surface area contributed by atoms with Gasteiger partial charge in [0.2, 0.25) is 0 Å². The fourth-order valence-electron chi connectivity index (χ4n) is 2.80. The van der Waals surface area contributed by atoms with E-state index >= 15 is 0 Å². The molecule has 2 atom stereocenters. The zero-order chi connectivity index (χ0) is 14.1. The Morgan fingerprint density at radius 2 is 1.35 bits per heavy atom. The van der Waals surface area contributed by atoms with Crippen LogP contribution in [0.5, 0.6) is 5.75 Å². The molecule has 0 radical (unpaired) electrons. The summed E-state index contributed by atoms with van der Waals surface area (Å²) in [5, 5.41) is 0. The number of nitrogens with zero attached hydrogens (tertiary/aromatic N) is 1. The lowest BCUT2D eigenvalue weighted by Crippen LogP contribution is -2.08. The van der Waals surface area contributed by atoms with Crippen LogP contribution in [-0.4, -0.2) is 21.2 Å². The lowest BCUT2D eigenvalue weighted by Gasteiger charge is -2.12. The van der Waals surface area contributed by atoms with Crippen molar-refractivity contribution >= 4 is 5.69 Å². The molecule has 0 aliphatic heterocycles. The zero-order valence-corrected chi connectivity index (χ0v) is 12.3. The van der Waals surface area contributed by atoms with Crippen LogP contribution in [0.3, 0.4) is 0 Å². The first-order chi connectivity index (χ1) is 9.69. The Morgan fingerprint density at radius 3 is 1.80 bits per heavy atom. The van der Waals surface area contributed by atoms with Crippen molar-refractivity contribution in [3.8, 4) is 5.75 Å². The van der Waals surface area contributed by atoms with Crippen molar-refractivity contribution in [1.82, 2.24) is 0 Å². The van der Waals surface area contributed by atoms with Gasteiger partial charge in [0.1, 0.15) is 5.75 Å². The van der Waals surface area contributed by atoms with E-state index in [1.165, 1.54) is 23.2 Å².